The number of anilines is 1. The molecule has 0 aliphatic rings. The van der Waals surface area contributed by atoms with Crippen LogP contribution in [0.3, 0.4) is 0 Å². The molecule has 102 valence electrons. The van der Waals surface area contributed by atoms with Gasteiger partial charge in [-0.05, 0) is 24.1 Å². The van der Waals surface area contributed by atoms with Gasteiger partial charge in [-0.1, -0.05) is 32.3 Å². The third-order valence-electron chi connectivity index (χ3n) is 3.13. The van der Waals surface area contributed by atoms with Crippen LogP contribution in [0.1, 0.15) is 25.8 Å². The minimum atomic E-state index is -0.339. The van der Waals surface area contributed by atoms with Gasteiger partial charge in [0.2, 0.25) is 0 Å². The zero-order valence-corrected chi connectivity index (χ0v) is 11.3. The first-order valence-electron chi connectivity index (χ1n) is 6.35. The summed E-state index contributed by atoms with van der Waals surface area (Å²) < 4.78 is 0. The van der Waals surface area contributed by atoms with Gasteiger partial charge in [-0.15, -0.1) is 6.42 Å². The molecule has 4 heteroatoms. The molecule has 0 aliphatic heterocycles. The lowest BCUT2D eigenvalue weighted by molar-refractivity contribution is 0.198. The number of carbonyl (C=O) groups is 1. The molecule has 0 aliphatic carbocycles. The molecule has 2 atom stereocenters. The summed E-state index contributed by atoms with van der Waals surface area (Å²) in [5.74, 6) is 2.72. The van der Waals surface area contributed by atoms with Crippen LogP contribution in [0.2, 0.25) is 0 Å². The second-order valence-electron chi connectivity index (χ2n) is 4.50. The van der Waals surface area contributed by atoms with Gasteiger partial charge in [-0.2, -0.15) is 0 Å². The maximum absolute atomic E-state index is 11.8. The van der Waals surface area contributed by atoms with Crippen molar-refractivity contribution < 1.29 is 9.90 Å². The van der Waals surface area contributed by atoms with Crippen molar-refractivity contribution in [3.05, 3.63) is 29.8 Å². The highest BCUT2D eigenvalue weighted by molar-refractivity contribution is 5.89. The van der Waals surface area contributed by atoms with E-state index in [1.807, 2.05) is 13.8 Å². The van der Waals surface area contributed by atoms with Crippen LogP contribution in [0, 0.1) is 18.3 Å². The zero-order chi connectivity index (χ0) is 14.3. The first-order valence-corrected chi connectivity index (χ1v) is 6.35. The van der Waals surface area contributed by atoms with Crippen LogP contribution in [0.4, 0.5) is 10.5 Å². The fourth-order valence-electron chi connectivity index (χ4n) is 1.67. The number of aliphatic hydroxyl groups excluding tert-OH is 1. The number of hydrogen-bond acceptors (Lipinski definition) is 2. The first kappa shape index (κ1) is 15.1. The highest BCUT2D eigenvalue weighted by Gasteiger charge is 2.17. The summed E-state index contributed by atoms with van der Waals surface area (Å²) in [4.78, 5) is 11.8. The Morgan fingerprint density at radius 1 is 1.53 bits per heavy atom. The van der Waals surface area contributed by atoms with Crippen LogP contribution in [-0.4, -0.2) is 23.8 Å². The molecule has 1 aromatic rings. The van der Waals surface area contributed by atoms with Crippen LogP contribution in [0.15, 0.2) is 24.3 Å². The molecule has 0 saturated heterocycles. The molecule has 4 nitrogen and oxygen atoms in total. The number of terminal acetylenes is 1. The summed E-state index contributed by atoms with van der Waals surface area (Å²) >= 11 is 0. The molecule has 0 heterocycles. The van der Waals surface area contributed by atoms with Crippen LogP contribution in [0.5, 0.6) is 0 Å². The Morgan fingerprint density at radius 3 is 2.84 bits per heavy atom. The van der Waals surface area contributed by atoms with Gasteiger partial charge >= 0.3 is 6.03 Å². The van der Waals surface area contributed by atoms with Crippen molar-refractivity contribution in [2.75, 3.05) is 11.9 Å². The van der Waals surface area contributed by atoms with Gasteiger partial charge in [-0.25, -0.2) is 4.79 Å². The van der Waals surface area contributed by atoms with Crippen molar-refractivity contribution in [2.45, 2.75) is 26.3 Å². The molecule has 0 aromatic heterocycles. The van der Waals surface area contributed by atoms with E-state index in [1.165, 1.54) is 0 Å². The molecule has 3 N–H and O–H groups in total. The van der Waals surface area contributed by atoms with E-state index in [1.54, 1.807) is 24.3 Å². The van der Waals surface area contributed by atoms with E-state index in [-0.39, 0.29) is 24.6 Å². The minimum Gasteiger partial charge on any atom is -0.394 e. The maximum atomic E-state index is 11.8. The smallest absolute Gasteiger partial charge is 0.319 e. The van der Waals surface area contributed by atoms with Crippen LogP contribution in [0.25, 0.3) is 0 Å². The fraction of sp³-hybridized carbons (Fsp3) is 0.400. The summed E-state index contributed by atoms with van der Waals surface area (Å²) in [7, 11) is 0. The van der Waals surface area contributed by atoms with Crippen molar-refractivity contribution in [3.63, 3.8) is 0 Å². The lowest BCUT2D eigenvalue weighted by Gasteiger charge is -2.22. The molecular formula is C15H20N2O2. The molecule has 2 amide bonds. The van der Waals surface area contributed by atoms with E-state index < -0.39 is 0 Å². The number of nitrogens with one attached hydrogen (secondary N) is 2. The molecule has 0 spiro atoms. The molecular weight excluding hydrogens is 240 g/mol. The summed E-state index contributed by atoms with van der Waals surface area (Å²) in [5.41, 5.74) is 1.34. The molecule has 0 fully saturated rings. The standard InChI is InChI=1S/C15H20N2O2/c1-4-11(3)14(10-18)17-15(19)16-13-8-6-7-12(5-2)9-13/h2,6-9,11,14,18H,4,10H2,1,3H3,(H2,16,17,19)/t11-,14-/m0/s1. The van der Waals surface area contributed by atoms with E-state index in [0.29, 0.717) is 11.3 Å². The van der Waals surface area contributed by atoms with Gasteiger partial charge in [0.05, 0.1) is 12.6 Å². The van der Waals surface area contributed by atoms with E-state index >= 15 is 0 Å². The number of hydrogen-bond donors (Lipinski definition) is 3. The van der Waals surface area contributed by atoms with Gasteiger partial charge in [0.1, 0.15) is 0 Å². The first-order chi connectivity index (χ1) is 9.10. The second-order valence-corrected chi connectivity index (χ2v) is 4.50. The largest absolute Gasteiger partial charge is 0.394 e. The quantitative estimate of drug-likeness (QED) is 0.711. The van der Waals surface area contributed by atoms with Gasteiger partial charge in [-0.3, -0.25) is 0 Å². The Morgan fingerprint density at radius 2 is 2.26 bits per heavy atom. The van der Waals surface area contributed by atoms with E-state index in [4.69, 9.17) is 6.42 Å². The molecule has 19 heavy (non-hydrogen) atoms. The van der Waals surface area contributed by atoms with E-state index in [2.05, 4.69) is 16.6 Å². The summed E-state index contributed by atoms with van der Waals surface area (Å²) in [5, 5.41) is 14.7. The molecule has 1 rings (SSSR count). The predicted octanol–water partition coefficient (Wildman–Crippen LogP) is 2.20. The SMILES string of the molecule is C#Cc1cccc(NC(=O)N[C@@H](CO)[C@@H](C)CC)c1. The van der Waals surface area contributed by atoms with Gasteiger partial charge in [0.25, 0.3) is 0 Å². The van der Waals surface area contributed by atoms with Crippen LogP contribution >= 0.6 is 0 Å². The van der Waals surface area contributed by atoms with Gasteiger partial charge in [0, 0.05) is 11.3 Å². The van der Waals surface area contributed by atoms with Crippen molar-refractivity contribution >= 4 is 11.7 Å². The predicted molar refractivity (Wildman–Crippen MR) is 76.9 cm³/mol. The monoisotopic (exact) mass is 260 g/mol. The number of carbonyl (C=O) groups excluding carboxylic acids is 1. The molecule has 0 saturated carbocycles. The van der Waals surface area contributed by atoms with Crippen LogP contribution < -0.4 is 10.6 Å². The second kappa shape index (κ2) is 7.45. The Bertz CT molecular complexity index is 465. The van der Waals surface area contributed by atoms with Crippen molar-refractivity contribution in [2.24, 2.45) is 5.92 Å². The van der Waals surface area contributed by atoms with Crippen molar-refractivity contribution in [3.8, 4) is 12.3 Å². The normalized spacial score (nSPS) is 13.2. The third-order valence-corrected chi connectivity index (χ3v) is 3.13. The summed E-state index contributed by atoms with van der Waals surface area (Å²) in [6.45, 7) is 3.93. The number of benzene rings is 1. The molecule has 1 aromatic carbocycles. The fourth-order valence-corrected chi connectivity index (χ4v) is 1.67. The van der Waals surface area contributed by atoms with Crippen LogP contribution in [-0.2, 0) is 0 Å². The maximum Gasteiger partial charge on any atom is 0.319 e. The average Bonchev–Trinajstić information content (AvgIpc) is 2.44. The van der Waals surface area contributed by atoms with E-state index in [0.717, 1.165) is 6.42 Å². The minimum absolute atomic E-state index is 0.0766. The van der Waals surface area contributed by atoms with E-state index in [9.17, 15) is 9.90 Å². The number of aliphatic hydroxyl groups is 1. The highest BCUT2D eigenvalue weighted by atomic mass is 16.3. The molecule has 0 bridgehead atoms. The Balaban J connectivity index is 2.61. The molecule has 0 radical (unpaired) electrons. The lowest BCUT2D eigenvalue weighted by atomic mass is 10.0. The Labute approximate surface area is 114 Å². The topological polar surface area (TPSA) is 61.4 Å². The third kappa shape index (κ3) is 4.65. The van der Waals surface area contributed by atoms with Crippen molar-refractivity contribution in [1.82, 2.24) is 5.32 Å². The number of amides is 2. The number of urea groups is 1. The summed E-state index contributed by atoms with van der Waals surface area (Å²) in [6.07, 6.45) is 6.19. The van der Waals surface area contributed by atoms with Gasteiger partial charge < -0.3 is 15.7 Å². The Kier molecular flexibility index (Phi) is 5.91. The lowest BCUT2D eigenvalue weighted by Crippen LogP contribution is -2.43. The molecule has 0 unspecified atom stereocenters. The van der Waals surface area contributed by atoms with Gasteiger partial charge in [0.15, 0.2) is 0 Å². The zero-order valence-electron chi connectivity index (χ0n) is 11.3. The highest BCUT2D eigenvalue weighted by Crippen LogP contribution is 2.11. The summed E-state index contributed by atoms with van der Waals surface area (Å²) in [6, 6.07) is 6.46. The number of rotatable bonds is 5. The van der Waals surface area contributed by atoms with Crippen molar-refractivity contribution in [1.29, 1.82) is 0 Å². The average molecular weight is 260 g/mol. The Hall–Kier alpha value is -1.99.